The van der Waals surface area contributed by atoms with Crippen LogP contribution in [0, 0.1) is 5.82 Å². The molecule has 2 aromatic rings. The van der Waals surface area contributed by atoms with Crippen LogP contribution in [0.15, 0.2) is 48.5 Å². The Bertz CT molecular complexity index is 990. The monoisotopic (exact) mass is 448 g/mol. The highest BCUT2D eigenvalue weighted by Crippen LogP contribution is 2.20. The molecule has 2 aromatic carbocycles. The van der Waals surface area contributed by atoms with Crippen LogP contribution < -0.4 is 9.62 Å². The fourth-order valence-electron chi connectivity index (χ4n) is 3.53. The van der Waals surface area contributed by atoms with Crippen LogP contribution >= 0.6 is 0 Å². The zero-order chi connectivity index (χ0) is 22.4. The zero-order valence-electron chi connectivity index (χ0n) is 17.9. The Balaban J connectivity index is 1.65. The van der Waals surface area contributed by atoms with Crippen molar-refractivity contribution in [3.63, 3.8) is 0 Å². The van der Waals surface area contributed by atoms with E-state index in [2.05, 4.69) is 22.3 Å². The van der Waals surface area contributed by atoms with Crippen molar-refractivity contribution < 1.29 is 17.6 Å². The average Bonchev–Trinajstić information content (AvgIpc) is 3.24. The molecule has 0 aromatic heterocycles. The van der Waals surface area contributed by atoms with Crippen molar-refractivity contribution >= 4 is 21.8 Å². The van der Waals surface area contributed by atoms with Gasteiger partial charge in [0.15, 0.2) is 0 Å². The number of hydrogen-bond acceptors (Lipinski definition) is 4. The Morgan fingerprint density at radius 3 is 2.35 bits per heavy atom. The summed E-state index contributed by atoms with van der Waals surface area (Å²) >= 11 is 0. The van der Waals surface area contributed by atoms with Gasteiger partial charge in [-0.3, -0.25) is 9.69 Å². The smallest absolute Gasteiger partial charge is 0.304 e. The minimum atomic E-state index is -3.93. The summed E-state index contributed by atoms with van der Waals surface area (Å²) in [6, 6.07) is 13.0. The van der Waals surface area contributed by atoms with Gasteiger partial charge in [-0.1, -0.05) is 24.3 Å². The third-order valence-electron chi connectivity index (χ3n) is 5.23. The largest absolute Gasteiger partial charge is 0.350 e. The SMILES string of the molecule is CN(C)S(=O)(=O)N(CC(=O)NCc1cccc(CN2CCCC2)c1)c1ccc(F)cc1. The van der Waals surface area contributed by atoms with E-state index in [1.165, 1.54) is 44.6 Å². The average molecular weight is 449 g/mol. The van der Waals surface area contributed by atoms with E-state index < -0.39 is 28.5 Å². The van der Waals surface area contributed by atoms with Gasteiger partial charge in [0.05, 0.1) is 5.69 Å². The lowest BCUT2D eigenvalue weighted by Crippen LogP contribution is -2.45. The van der Waals surface area contributed by atoms with Crippen LogP contribution in [-0.4, -0.2) is 57.3 Å². The molecule has 1 N–H and O–H groups in total. The second-order valence-corrected chi connectivity index (χ2v) is 9.92. The molecule has 7 nitrogen and oxygen atoms in total. The summed E-state index contributed by atoms with van der Waals surface area (Å²) in [5.41, 5.74) is 2.36. The number of nitrogens with zero attached hydrogens (tertiary/aromatic N) is 3. The number of benzene rings is 2. The minimum Gasteiger partial charge on any atom is -0.350 e. The Morgan fingerprint density at radius 1 is 1.06 bits per heavy atom. The Labute approximate surface area is 183 Å². The van der Waals surface area contributed by atoms with Crippen molar-refractivity contribution in [1.82, 2.24) is 14.5 Å². The van der Waals surface area contributed by atoms with Crippen molar-refractivity contribution in [2.75, 3.05) is 38.0 Å². The molecule has 0 radical (unpaired) electrons. The van der Waals surface area contributed by atoms with Gasteiger partial charge >= 0.3 is 10.2 Å². The predicted octanol–water partition coefficient (Wildman–Crippen LogP) is 2.35. The van der Waals surface area contributed by atoms with Crippen molar-refractivity contribution in [2.45, 2.75) is 25.9 Å². The molecule has 0 spiro atoms. The minimum absolute atomic E-state index is 0.220. The quantitative estimate of drug-likeness (QED) is 0.639. The van der Waals surface area contributed by atoms with Gasteiger partial charge in [-0.05, 0) is 61.3 Å². The van der Waals surface area contributed by atoms with Crippen LogP contribution in [0.1, 0.15) is 24.0 Å². The molecular weight excluding hydrogens is 419 g/mol. The molecule has 1 aliphatic rings. The first kappa shape index (κ1) is 23.2. The maximum atomic E-state index is 13.3. The Kier molecular flexibility index (Phi) is 7.64. The number of nitrogens with one attached hydrogen (secondary N) is 1. The van der Waals surface area contributed by atoms with Gasteiger partial charge in [0.25, 0.3) is 0 Å². The van der Waals surface area contributed by atoms with Crippen LogP contribution in [0.5, 0.6) is 0 Å². The molecular formula is C22H29FN4O3S. The molecule has 31 heavy (non-hydrogen) atoms. The van der Waals surface area contributed by atoms with Crippen molar-refractivity contribution in [3.8, 4) is 0 Å². The number of halogens is 1. The molecule has 168 valence electrons. The Hall–Kier alpha value is -2.49. The number of rotatable bonds is 9. The molecule has 0 unspecified atom stereocenters. The number of anilines is 1. The standard InChI is InChI=1S/C22H29FN4O3S/c1-25(2)31(29,30)27(21-10-8-20(23)9-11-21)17-22(28)24-15-18-6-5-7-19(14-18)16-26-12-3-4-13-26/h5-11,14H,3-4,12-13,15-17H2,1-2H3,(H,24,28). The lowest BCUT2D eigenvalue weighted by atomic mass is 10.1. The van der Waals surface area contributed by atoms with E-state index in [0.29, 0.717) is 6.54 Å². The molecule has 1 heterocycles. The first-order valence-corrected chi connectivity index (χ1v) is 11.7. The summed E-state index contributed by atoms with van der Waals surface area (Å²) in [5.74, 6) is -0.927. The highest BCUT2D eigenvalue weighted by Gasteiger charge is 2.27. The topological polar surface area (TPSA) is 73.0 Å². The highest BCUT2D eigenvalue weighted by molar-refractivity contribution is 7.90. The number of carbonyl (C=O) groups excluding carboxylic acids is 1. The van der Waals surface area contributed by atoms with Gasteiger partial charge in [-0.15, -0.1) is 0 Å². The molecule has 1 fully saturated rings. The number of amides is 1. The third-order valence-corrected chi connectivity index (χ3v) is 7.05. The van der Waals surface area contributed by atoms with Gasteiger partial charge < -0.3 is 5.32 Å². The van der Waals surface area contributed by atoms with Crippen LogP contribution in [0.25, 0.3) is 0 Å². The fourth-order valence-corrected chi connectivity index (χ4v) is 4.60. The van der Waals surface area contributed by atoms with Crippen LogP contribution in [-0.2, 0) is 28.1 Å². The lowest BCUT2D eigenvalue weighted by Gasteiger charge is -2.27. The third kappa shape index (κ3) is 6.25. The number of likely N-dealkylation sites (tertiary alicyclic amines) is 1. The summed E-state index contributed by atoms with van der Waals surface area (Å²) in [7, 11) is -1.16. The van der Waals surface area contributed by atoms with Gasteiger partial charge in [0.1, 0.15) is 12.4 Å². The molecule has 1 amide bonds. The first-order chi connectivity index (χ1) is 14.8. The maximum absolute atomic E-state index is 13.3. The summed E-state index contributed by atoms with van der Waals surface area (Å²) in [5, 5.41) is 2.79. The lowest BCUT2D eigenvalue weighted by molar-refractivity contribution is -0.119. The molecule has 1 aliphatic heterocycles. The second kappa shape index (κ2) is 10.2. The summed E-state index contributed by atoms with van der Waals surface area (Å²) in [6.45, 7) is 3.01. The zero-order valence-corrected chi connectivity index (χ0v) is 18.7. The van der Waals surface area contributed by atoms with Crippen LogP contribution in [0.4, 0.5) is 10.1 Å². The molecule has 0 aliphatic carbocycles. The normalized spacial score (nSPS) is 14.7. The molecule has 3 rings (SSSR count). The van der Waals surface area contributed by atoms with Crippen LogP contribution in [0.3, 0.4) is 0 Å². The summed E-state index contributed by atoms with van der Waals surface area (Å²) < 4.78 is 40.7. The van der Waals surface area contributed by atoms with Gasteiger partial charge in [-0.25, -0.2) is 8.70 Å². The summed E-state index contributed by atoms with van der Waals surface area (Å²) in [6.07, 6.45) is 2.46. The van der Waals surface area contributed by atoms with Gasteiger partial charge in [0, 0.05) is 27.2 Å². The van der Waals surface area contributed by atoms with Crippen LogP contribution in [0.2, 0.25) is 0 Å². The maximum Gasteiger partial charge on any atom is 0.304 e. The van der Waals surface area contributed by atoms with E-state index in [9.17, 15) is 17.6 Å². The van der Waals surface area contributed by atoms with E-state index in [1.54, 1.807) is 0 Å². The number of hydrogen-bond donors (Lipinski definition) is 1. The van der Waals surface area contributed by atoms with Gasteiger partial charge in [-0.2, -0.15) is 12.7 Å². The summed E-state index contributed by atoms with van der Waals surface area (Å²) in [4.78, 5) is 15.0. The van der Waals surface area contributed by atoms with Gasteiger partial charge in [0.2, 0.25) is 5.91 Å². The first-order valence-electron chi connectivity index (χ1n) is 10.3. The van der Waals surface area contributed by atoms with Crippen molar-refractivity contribution in [2.24, 2.45) is 0 Å². The van der Waals surface area contributed by atoms with E-state index >= 15 is 0 Å². The van der Waals surface area contributed by atoms with E-state index in [4.69, 9.17) is 0 Å². The van der Waals surface area contributed by atoms with Crippen molar-refractivity contribution in [1.29, 1.82) is 0 Å². The fraction of sp³-hybridized carbons (Fsp3) is 0.409. The Morgan fingerprint density at radius 2 is 1.71 bits per heavy atom. The molecule has 0 bridgehead atoms. The van der Waals surface area contributed by atoms with Crippen molar-refractivity contribution in [3.05, 3.63) is 65.5 Å². The predicted molar refractivity (Wildman–Crippen MR) is 119 cm³/mol. The molecule has 0 saturated carbocycles. The second-order valence-electron chi connectivity index (χ2n) is 7.85. The molecule has 1 saturated heterocycles. The molecule has 0 atom stereocenters. The van der Waals surface area contributed by atoms with E-state index in [1.807, 2.05) is 12.1 Å². The van der Waals surface area contributed by atoms with E-state index in [-0.39, 0.29) is 5.69 Å². The molecule has 9 heteroatoms. The van der Waals surface area contributed by atoms with E-state index in [0.717, 1.165) is 45.9 Å². The highest BCUT2D eigenvalue weighted by atomic mass is 32.2. The number of carbonyl (C=O) groups is 1.